The molecule has 5 heteroatoms. The Kier molecular flexibility index (Phi) is 5.79. The Labute approximate surface area is 131 Å². The highest BCUT2D eigenvalue weighted by Crippen LogP contribution is 2.33. The summed E-state index contributed by atoms with van der Waals surface area (Å²) < 4.78 is 0. The highest BCUT2D eigenvalue weighted by atomic mass is 35.5. The van der Waals surface area contributed by atoms with E-state index in [1.54, 1.807) is 6.07 Å². The average molecular weight is 316 g/mol. The van der Waals surface area contributed by atoms with Crippen LogP contribution in [0.15, 0.2) is 6.07 Å². The molecule has 0 saturated carbocycles. The van der Waals surface area contributed by atoms with Gasteiger partial charge in [-0.05, 0) is 37.7 Å². The molecule has 1 aromatic heterocycles. The number of rotatable bonds is 4. The predicted molar refractivity (Wildman–Crippen MR) is 88.3 cm³/mol. The highest BCUT2D eigenvalue weighted by molar-refractivity contribution is 6.37. The lowest BCUT2D eigenvalue weighted by Crippen LogP contribution is -2.26. The summed E-state index contributed by atoms with van der Waals surface area (Å²) >= 11 is 12.5. The first-order chi connectivity index (χ1) is 9.61. The molecule has 0 amide bonds. The molecular formula is C15H23Cl2N3. The molecule has 2 rings (SSSR count). The first-order valence-corrected chi connectivity index (χ1v) is 8.22. The largest absolute Gasteiger partial charge is 0.369 e. The molecule has 0 radical (unpaired) electrons. The fourth-order valence-electron chi connectivity index (χ4n) is 2.52. The Morgan fingerprint density at radius 3 is 2.85 bits per heavy atom. The monoisotopic (exact) mass is 315 g/mol. The minimum atomic E-state index is 0.593. The highest BCUT2D eigenvalue weighted by Gasteiger charge is 2.19. The zero-order valence-corrected chi connectivity index (χ0v) is 13.8. The Balaban J connectivity index is 2.21. The van der Waals surface area contributed by atoms with Crippen LogP contribution >= 0.6 is 23.2 Å². The summed E-state index contributed by atoms with van der Waals surface area (Å²) in [7, 11) is 0. The van der Waals surface area contributed by atoms with Crippen LogP contribution in [0.25, 0.3) is 0 Å². The van der Waals surface area contributed by atoms with Crippen molar-refractivity contribution >= 4 is 34.8 Å². The maximum Gasteiger partial charge on any atom is 0.149 e. The van der Waals surface area contributed by atoms with E-state index in [1.165, 1.54) is 19.3 Å². The molecule has 1 saturated heterocycles. The van der Waals surface area contributed by atoms with Crippen LogP contribution in [0.3, 0.4) is 0 Å². The normalized spacial score (nSPS) is 19.8. The van der Waals surface area contributed by atoms with Gasteiger partial charge in [0, 0.05) is 19.6 Å². The molecule has 2 heterocycles. The van der Waals surface area contributed by atoms with Gasteiger partial charge in [-0.3, -0.25) is 0 Å². The van der Waals surface area contributed by atoms with E-state index in [1.807, 2.05) is 0 Å². The van der Waals surface area contributed by atoms with Crippen LogP contribution in [0.2, 0.25) is 10.0 Å². The van der Waals surface area contributed by atoms with E-state index in [4.69, 9.17) is 23.2 Å². The SMILES string of the molecule is CCCNc1nc(N2CCCC(C)CC2)c(Cl)cc1Cl. The van der Waals surface area contributed by atoms with Gasteiger partial charge in [-0.1, -0.05) is 37.0 Å². The molecule has 20 heavy (non-hydrogen) atoms. The average Bonchev–Trinajstić information content (AvgIpc) is 2.63. The minimum Gasteiger partial charge on any atom is -0.369 e. The van der Waals surface area contributed by atoms with Crippen molar-refractivity contribution in [2.75, 3.05) is 29.9 Å². The number of aromatic nitrogens is 1. The molecule has 1 aromatic rings. The number of nitrogens with one attached hydrogen (secondary N) is 1. The summed E-state index contributed by atoms with van der Waals surface area (Å²) in [6.45, 7) is 7.34. The second-order valence-corrected chi connectivity index (χ2v) is 6.39. The molecule has 1 atom stereocenters. The summed E-state index contributed by atoms with van der Waals surface area (Å²) in [5.74, 6) is 2.39. The smallest absolute Gasteiger partial charge is 0.149 e. The third kappa shape index (κ3) is 3.92. The second-order valence-electron chi connectivity index (χ2n) is 5.57. The third-order valence-corrected chi connectivity index (χ3v) is 4.34. The molecule has 1 fully saturated rings. The Bertz CT molecular complexity index is 451. The lowest BCUT2D eigenvalue weighted by atomic mass is 10.0. The second kappa shape index (κ2) is 7.37. The summed E-state index contributed by atoms with van der Waals surface area (Å²) in [6.07, 6.45) is 4.71. The number of anilines is 2. The predicted octanol–water partition coefficient (Wildman–Crippen LogP) is 4.84. The summed E-state index contributed by atoms with van der Waals surface area (Å²) in [5, 5.41) is 4.50. The van der Waals surface area contributed by atoms with Gasteiger partial charge in [-0.25, -0.2) is 4.98 Å². The molecule has 0 aliphatic carbocycles. The van der Waals surface area contributed by atoms with Crippen molar-refractivity contribution in [3.05, 3.63) is 16.1 Å². The van der Waals surface area contributed by atoms with E-state index in [0.717, 1.165) is 43.6 Å². The Hall–Kier alpha value is -0.670. The summed E-state index contributed by atoms with van der Waals surface area (Å²) in [4.78, 5) is 6.94. The maximum absolute atomic E-state index is 6.34. The molecule has 0 bridgehead atoms. The van der Waals surface area contributed by atoms with Gasteiger partial charge in [-0.2, -0.15) is 0 Å². The van der Waals surface area contributed by atoms with Crippen molar-refractivity contribution in [3.8, 4) is 0 Å². The van der Waals surface area contributed by atoms with Crippen molar-refractivity contribution < 1.29 is 0 Å². The zero-order valence-electron chi connectivity index (χ0n) is 12.3. The van der Waals surface area contributed by atoms with Gasteiger partial charge in [0.15, 0.2) is 0 Å². The van der Waals surface area contributed by atoms with E-state index in [9.17, 15) is 0 Å². The number of pyridine rings is 1. The standard InChI is InChI=1S/C15H23Cl2N3/c1-3-7-18-14-12(16)10-13(17)15(19-14)20-8-4-5-11(2)6-9-20/h10-11H,3-9H2,1-2H3,(H,18,19). The van der Waals surface area contributed by atoms with Gasteiger partial charge in [0.05, 0.1) is 10.0 Å². The molecule has 112 valence electrons. The molecule has 1 N–H and O–H groups in total. The van der Waals surface area contributed by atoms with Crippen LogP contribution in [0.5, 0.6) is 0 Å². The first kappa shape index (κ1) is 15.7. The van der Waals surface area contributed by atoms with Gasteiger partial charge in [-0.15, -0.1) is 0 Å². The summed E-state index contributed by atoms with van der Waals surface area (Å²) in [6, 6.07) is 1.80. The fourth-order valence-corrected chi connectivity index (χ4v) is 3.07. The van der Waals surface area contributed by atoms with E-state index in [2.05, 4.69) is 29.0 Å². The van der Waals surface area contributed by atoms with Crippen molar-refractivity contribution in [1.29, 1.82) is 0 Å². The lowest BCUT2D eigenvalue weighted by molar-refractivity contribution is 0.521. The van der Waals surface area contributed by atoms with Crippen molar-refractivity contribution in [3.63, 3.8) is 0 Å². The fraction of sp³-hybridized carbons (Fsp3) is 0.667. The van der Waals surface area contributed by atoms with Crippen LogP contribution in [0, 0.1) is 5.92 Å². The van der Waals surface area contributed by atoms with Crippen LogP contribution in [-0.2, 0) is 0 Å². The van der Waals surface area contributed by atoms with Crippen molar-refractivity contribution in [2.24, 2.45) is 5.92 Å². The molecule has 0 spiro atoms. The van der Waals surface area contributed by atoms with Crippen molar-refractivity contribution in [1.82, 2.24) is 4.98 Å². The lowest BCUT2D eigenvalue weighted by Gasteiger charge is -2.23. The van der Waals surface area contributed by atoms with E-state index in [0.29, 0.717) is 10.0 Å². The van der Waals surface area contributed by atoms with Gasteiger partial charge >= 0.3 is 0 Å². The Morgan fingerprint density at radius 2 is 2.10 bits per heavy atom. The Morgan fingerprint density at radius 1 is 1.30 bits per heavy atom. The van der Waals surface area contributed by atoms with Gasteiger partial charge in [0.25, 0.3) is 0 Å². The molecule has 0 aromatic carbocycles. The number of hydrogen-bond acceptors (Lipinski definition) is 3. The van der Waals surface area contributed by atoms with Gasteiger partial charge in [0.2, 0.25) is 0 Å². The topological polar surface area (TPSA) is 28.2 Å². The van der Waals surface area contributed by atoms with Crippen LogP contribution in [0.4, 0.5) is 11.6 Å². The molecule has 3 nitrogen and oxygen atoms in total. The number of nitrogens with zero attached hydrogens (tertiary/aromatic N) is 2. The third-order valence-electron chi connectivity index (χ3n) is 3.77. The quantitative estimate of drug-likeness (QED) is 0.862. The van der Waals surface area contributed by atoms with E-state index < -0.39 is 0 Å². The van der Waals surface area contributed by atoms with E-state index in [-0.39, 0.29) is 0 Å². The number of halogens is 2. The minimum absolute atomic E-state index is 0.593. The van der Waals surface area contributed by atoms with Crippen LogP contribution in [-0.4, -0.2) is 24.6 Å². The summed E-state index contributed by atoms with van der Waals surface area (Å²) in [5.41, 5.74) is 0. The zero-order chi connectivity index (χ0) is 14.5. The van der Waals surface area contributed by atoms with Gasteiger partial charge < -0.3 is 10.2 Å². The maximum atomic E-state index is 6.34. The van der Waals surface area contributed by atoms with Gasteiger partial charge in [0.1, 0.15) is 11.6 Å². The first-order valence-electron chi connectivity index (χ1n) is 7.46. The van der Waals surface area contributed by atoms with E-state index >= 15 is 0 Å². The molecule has 1 aliphatic heterocycles. The van der Waals surface area contributed by atoms with Crippen molar-refractivity contribution in [2.45, 2.75) is 39.5 Å². The van der Waals surface area contributed by atoms with Crippen LogP contribution < -0.4 is 10.2 Å². The van der Waals surface area contributed by atoms with Crippen LogP contribution in [0.1, 0.15) is 39.5 Å². The molecular weight excluding hydrogens is 293 g/mol. The molecule has 1 unspecified atom stereocenters. The number of hydrogen-bond donors (Lipinski definition) is 1. The molecule has 1 aliphatic rings.